The average Bonchev–Trinajstić information content (AvgIpc) is 2.13. The number of ether oxygens (including phenoxy) is 1. The highest BCUT2D eigenvalue weighted by Gasteiger charge is 2.20. The predicted octanol–water partition coefficient (Wildman–Crippen LogP) is 1.64. The highest BCUT2D eigenvalue weighted by molar-refractivity contribution is 5.34. The maximum atomic E-state index is 9.95. The molecule has 1 fully saturated rings. The summed E-state index contributed by atoms with van der Waals surface area (Å²) in [5.41, 5.74) is 2.33. The van der Waals surface area contributed by atoms with Gasteiger partial charge >= 0.3 is 0 Å². The minimum atomic E-state index is 0.422. The first-order valence-electron chi connectivity index (χ1n) is 4.60. The van der Waals surface area contributed by atoms with Crippen LogP contribution in [0.1, 0.15) is 17.0 Å². The molecule has 0 amide bonds. The van der Waals surface area contributed by atoms with Crippen LogP contribution in [0.4, 0.5) is 0 Å². The number of carbonyl (C=O) groups excluding carboxylic acids is 1. The molecule has 3 heteroatoms. The molecule has 0 aromatic heterocycles. The molecule has 0 aliphatic carbocycles. The van der Waals surface area contributed by atoms with Crippen molar-refractivity contribution in [2.75, 3.05) is 13.2 Å². The molecular weight excluding hydrogens is 178 g/mol. The summed E-state index contributed by atoms with van der Waals surface area (Å²) in [6.45, 7) is 2.03. The summed E-state index contributed by atoms with van der Waals surface area (Å²) in [5, 5.41) is 0. The lowest BCUT2D eigenvalue weighted by molar-refractivity contribution is 0.00840. The SMILES string of the molecule is O=C=NCc1cccc(C2COC2)c1. The third-order valence-corrected chi connectivity index (χ3v) is 2.39. The summed E-state index contributed by atoms with van der Waals surface area (Å²) in [7, 11) is 0. The molecule has 1 aliphatic rings. The van der Waals surface area contributed by atoms with Crippen molar-refractivity contribution >= 4 is 6.08 Å². The predicted molar refractivity (Wildman–Crippen MR) is 51.8 cm³/mol. The minimum absolute atomic E-state index is 0.422. The molecule has 1 saturated heterocycles. The lowest BCUT2D eigenvalue weighted by Crippen LogP contribution is -2.25. The number of isocyanates is 1. The van der Waals surface area contributed by atoms with Gasteiger partial charge in [0.05, 0.1) is 19.8 Å². The summed E-state index contributed by atoms with van der Waals surface area (Å²) in [5.74, 6) is 0.523. The van der Waals surface area contributed by atoms with Gasteiger partial charge in [0, 0.05) is 5.92 Å². The molecule has 0 radical (unpaired) electrons. The van der Waals surface area contributed by atoms with E-state index in [0.29, 0.717) is 12.5 Å². The van der Waals surface area contributed by atoms with E-state index in [4.69, 9.17) is 4.74 Å². The van der Waals surface area contributed by atoms with E-state index in [-0.39, 0.29) is 0 Å². The standard InChI is InChI=1S/C11H11NO2/c13-8-12-5-9-2-1-3-10(4-9)11-6-14-7-11/h1-4,11H,5-7H2. The number of hydrogen-bond donors (Lipinski definition) is 0. The van der Waals surface area contributed by atoms with Crippen molar-refractivity contribution in [3.63, 3.8) is 0 Å². The van der Waals surface area contributed by atoms with E-state index < -0.39 is 0 Å². The van der Waals surface area contributed by atoms with Crippen molar-refractivity contribution in [2.24, 2.45) is 4.99 Å². The maximum Gasteiger partial charge on any atom is 0.235 e. The first-order valence-corrected chi connectivity index (χ1v) is 4.60. The van der Waals surface area contributed by atoms with E-state index in [1.807, 2.05) is 12.1 Å². The highest BCUT2D eigenvalue weighted by Crippen LogP contribution is 2.24. The van der Waals surface area contributed by atoms with Gasteiger partial charge in [-0.1, -0.05) is 24.3 Å². The average molecular weight is 189 g/mol. The Bertz CT molecular complexity index is 365. The second kappa shape index (κ2) is 4.18. The summed E-state index contributed by atoms with van der Waals surface area (Å²) >= 11 is 0. The van der Waals surface area contributed by atoms with Crippen LogP contribution in [-0.2, 0) is 16.1 Å². The number of hydrogen-bond acceptors (Lipinski definition) is 3. The van der Waals surface area contributed by atoms with Crippen LogP contribution < -0.4 is 0 Å². The van der Waals surface area contributed by atoms with Gasteiger partial charge in [0.15, 0.2) is 0 Å². The zero-order valence-corrected chi connectivity index (χ0v) is 7.77. The zero-order chi connectivity index (χ0) is 9.80. The van der Waals surface area contributed by atoms with Gasteiger partial charge in [-0.05, 0) is 11.1 Å². The van der Waals surface area contributed by atoms with E-state index in [1.165, 1.54) is 5.56 Å². The van der Waals surface area contributed by atoms with Crippen molar-refractivity contribution in [1.82, 2.24) is 0 Å². The van der Waals surface area contributed by atoms with Crippen LogP contribution >= 0.6 is 0 Å². The maximum absolute atomic E-state index is 9.95. The van der Waals surface area contributed by atoms with Gasteiger partial charge in [0.1, 0.15) is 0 Å². The highest BCUT2D eigenvalue weighted by atomic mass is 16.5. The van der Waals surface area contributed by atoms with Crippen molar-refractivity contribution in [1.29, 1.82) is 0 Å². The third-order valence-electron chi connectivity index (χ3n) is 2.39. The minimum Gasteiger partial charge on any atom is -0.380 e. The van der Waals surface area contributed by atoms with E-state index in [9.17, 15) is 4.79 Å². The van der Waals surface area contributed by atoms with E-state index in [1.54, 1.807) is 6.08 Å². The largest absolute Gasteiger partial charge is 0.380 e. The number of benzene rings is 1. The number of rotatable bonds is 3. The van der Waals surface area contributed by atoms with E-state index >= 15 is 0 Å². The lowest BCUT2D eigenvalue weighted by Gasteiger charge is -2.26. The molecular formula is C11H11NO2. The molecule has 0 saturated carbocycles. The molecule has 2 rings (SSSR count). The summed E-state index contributed by atoms with van der Waals surface area (Å²) in [6, 6.07) is 8.11. The van der Waals surface area contributed by atoms with Crippen molar-refractivity contribution in [3.05, 3.63) is 35.4 Å². The Kier molecular flexibility index (Phi) is 2.73. The second-order valence-electron chi connectivity index (χ2n) is 3.39. The first kappa shape index (κ1) is 9.13. The lowest BCUT2D eigenvalue weighted by atomic mass is 9.96. The van der Waals surface area contributed by atoms with Gasteiger partial charge in [0.2, 0.25) is 6.08 Å². The van der Waals surface area contributed by atoms with Crippen LogP contribution in [0.3, 0.4) is 0 Å². The Morgan fingerprint density at radius 3 is 3.00 bits per heavy atom. The van der Waals surface area contributed by atoms with E-state index in [0.717, 1.165) is 18.8 Å². The van der Waals surface area contributed by atoms with Gasteiger partial charge in [-0.3, -0.25) is 0 Å². The molecule has 1 aliphatic heterocycles. The van der Waals surface area contributed by atoms with Gasteiger partial charge in [-0.25, -0.2) is 9.79 Å². The fourth-order valence-corrected chi connectivity index (χ4v) is 1.50. The summed E-state index contributed by atoms with van der Waals surface area (Å²) in [6.07, 6.45) is 1.54. The molecule has 1 aromatic rings. The molecule has 1 heterocycles. The van der Waals surface area contributed by atoms with Crippen LogP contribution in [0, 0.1) is 0 Å². The fraction of sp³-hybridized carbons (Fsp3) is 0.364. The molecule has 14 heavy (non-hydrogen) atoms. The monoisotopic (exact) mass is 189 g/mol. The van der Waals surface area contributed by atoms with Crippen LogP contribution in [0.15, 0.2) is 29.3 Å². The summed E-state index contributed by atoms with van der Waals surface area (Å²) in [4.78, 5) is 13.5. The molecule has 0 atom stereocenters. The number of aliphatic imine (C=N–C) groups is 1. The summed E-state index contributed by atoms with van der Waals surface area (Å²) < 4.78 is 5.12. The molecule has 0 unspecified atom stereocenters. The topological polar surface area (TPSA) is 38.7 Å². The molecule has 1 aromatic carbocycles. The Morgan fingerprint density at radius 1 is 1.50 bits per heavy atom. The third kappa shape index (κ3) is 1.90. The van der Waals surface area contributed by atoms with Crippen LogP contribution in [0.25, 0.3) is 0 Å². The van der Waals surface area contributed by atoms with Crippen molar-refractivity contribution in [2.45, 2.75) is 12.5 Å². The van der Waals surface area contributed by atoms with Gasteiger partial charge in [0.25, 0.3) is 0 Å². The Labute approximate surface area is 82.4 Å². The Hall–Kier alpha value is -1.44. The van der Waals surface area contributed by atoms with Gasteiger partial charge in [-0.15, -0.1) is 0 Å². The van der Waals surface area contributed by atoms with Crippen LogP contribution in [0.2, 0.25) is 0 Å². The first-order chi connectivity index (χ1) is 6.90. The van der Waals surface area contributed by atoms with Crippen LogP contribution in [0.5, 0.6) is 0 Å². The molecule has 72 valence electrons. The quantitative estimate of drug-likeness (QED) is 0.535. The molecule has 3 nitrogen and oxygen atoms in total. The van der Waals surface area contributed by atoms with Gasteiger partial charge < -0.3 is 4.74 Å². The van der Waals surface area contributed by atoms with Crippen molar-refractivity contribution < 1.29 is 9.53 Å². The zero-order valence-electron chi connectivity index (χ0n) is 7.77. The van der Waals surface area contributed by atoms with Crippen molar-refractivity contribution in [3.8, 4) is 0 Å². The Balaban J connectivity index is 2.13. The molecule has 0 bridgehead atoms. The van der Waals surface area contributed by atoms with Gasteiger partial charge in [-0.2, -0.15) is 0 Å². The van der Waals surface area contributed by atoms with Crippen LogP contribution in [-0.4, -0.2) is 19.3 Å². The smallest absolute Gasteiger partial charge is 0.235 e. The van der Waals surface area contributed by atoms with E-state index in [2.05, 4.69) is 17.1 Å². The number of nitrogens with zero attached hydrogens (tertiary/aromatic N) is 1. The second-order valence-corrected chi connectivity index (χ2v) is 3.39. The Morgan fingerprint density at radius 2 is 2.36 bits per heavy atom. The normalized spacial score (nSPS) is 15.7. The fourth-order valence-electron chi connectivity index (χ4n) is 1.50. The molecule has 0 N–H and O–H groups in total. The molecule has 0 spiro atoms.